The van der Waals surface area contributed by atoms with Gasteiger partial charge in [-0.3, -0.25) is 9.18 Å². The monoisotopic (exact) mass is 135 g/mol. The van der Waals surface area contributed by atoms with Gasteiger partial charge in [-0.1, -0.05) is 0 Å². The third-order valence-electron chi connectivity index (χ3n) is 1.40. The Hall–Kier alpha value is -0.670. The average molecular weight is 135 g/mol. The molecule has 2 nitrogen and oxygen atoms in total. The van der Waals surface area contributed by atoms with Crippen LogP contribution in [0.5, 0.6) is 0 Å². The second-order valence-corrected chi connectivity index (χ2v) is 2.06. The van der Waals surface area contributed by atoms with E-state index in [0.717, 1.165) is 0 Å². The van der Waals surface area contributed by atoms with Crippen LogP contribution < -0.4 is 5.32 Å². The Labute approximate surface area is 51.2 Å². The number of halogens is 2. The lowest BCUT2D eigenvalue weighted by Crippen LogP contribution is -2.20. The van der Waals surface area contributed by atoms with Crippen LogP contribution in [-0.2, 0) is 4.79 Å². The molecule has 0 aliphatic carbocycles. The Balaban J connectivity index is 2.51. The van der Waals surface area contributed by atoms with E-state index in [1.54, 1.807) is 0 Å². The van der Waals surface area contributed by atoms with Crippen molar-refractivity contribution >= 4 is 5.91 Å². The van der Waals surface area contributed by atoms with Crippen LogP contribution in [0.2, 0.25) is 0 Å². The Morgan fingerprint density at radius 2 is 2.44 bits per heavy atom. The van der Waals surface area contributed by atoms with Gasteiger partial charge < -0.3 is 5.32 Å². The molecule has 1 rings (SSSR count). The van der Waals surface area contributed by atoms with Gasteiger partial charge in [-0.15, -0.1) is 0 Å². The Morgan fingerprint density at radius 3 is 2.67 bits per heavy atom. The minimum absolute atomic E-state index is 0.135. The zero-order valence-corrected chi connectivity index (χ0v) is 4.73. The number of hydrogen-bond acceptors (Lipinski definition) is 1. The molecule has 1 heterocycles. The van der Waals surface area contributed by atoms with Crippen LogP contribution >= 0.6 is 0 Å². The summed E-state index contributed by atoms with van der Waals surface area (Å²) in [6, 6.07) is 0. The standard InChI is InChI=1S/C5H7F2NO/c6-1-3-2-8-5(9)4(3)7/h3-4H,1-2H2,(H,8,9)/t3-,4+/m0/s1. The van der Waals surface area contributed by atoms with Crippen molar-refractivity contribution < 1.29 is 13.6 Å². The van der Waals surface area contributed by atoms with Crippen LogP contribution in [0.4, 0.5) is 8.78 Å². The molecule has 0 bridgehead atoms. The number of carbonyl (C=O) groups is 1. The summed E-state index contributed by atoms with van der Waals surface area (Å²) in [4.78, 5) is 10.3. The summed E-state index contributed by atoms with van der Waals surface area (Å²) in [6.45, 7) is -0.629. The fourth-order valence-corrected chi connectivity index (χ4v) is 0.780. The lowest BCUT2D eigenvalue weighted by atomic mass is 10.1. The van der Waals surface area contributed by atoms with E-state index in [0.29, 0.717) is 0 Å². The van der Waals surface area contributed by atoms with Crippen LogP contribution in [0.1, 0.15) is 0 Å². The third kappa shape index (κ3) is 1.01. The predicted molar refractivity (Wildman–Crippen MR) is 27.4 cm³/mol. The molecule has 1 aliphatic rings. The number of amides is 1. The summed E-state index contributed by atoms with van der Waals surface area (Å²) < 4.78 is 24.0. The van der Waals surface area contributed by atoms with E-state index in [2.05, 4.69) is 5.32 Å². The fraction of sp³-hybridized carbons (Fsp3) is 0.800. The van der Waals surface area contributed by atoms with Gasteiger partial charge in [0.2, 0.25) is 0 Å². The van der Waals surface area contributed by atoms with Gasteiger partial charge in [0.1, 0.15) is 0 Å². The van der Waals surface area contributed by atoms with Gasteiger partial charge in [0.15, 0.2) is 6.17 Å². The summed E-state index contributed by atoms with van der Waals surface area (Å²) >= 11 is 0. The molecule has 0 spiro atoms. The molecule has 1 fully saturated rings. The molecule has 1 N–H and O–H groups in total. The normalized spacial score (nSPS) is 34.7. The Morgan fingerprint density at radius 1 is 1.78 bits per heavy atom. The quantitative estimate of drug-likeness (QED) is 0.540. The highest BCUT2D eigenvalue weighted by Gasteiger charge is 2.34. The first-order chi connectivity index (χ1) is 4.25. The van der Waals surface area contributed by atoms with E-state index in [9.17, 15) is 13.6 Å². The highest BCUT2D eigenvalue weighted by molar-refractivity contribution is 5.83. The summed E-state index contributed by atoms with van der Waals surface area (Å²) in [5.74, 6) is -1.44. The first-order valence-electron chi connectivity index (χ1n) is 2.73. The van der Waals surface area contributed by atoms with Crippen molar-refractivity contribution in [3.63, 3.8) is 0 Å². The number of hydrogen-bond donors (Lipinski definition) is 1. The van der Waals surface area contributed by atoms with Crippen molar-refractivity contribution in [2.24, 2.45) is 5.92 Å². The third-order valence-corrected chi connectivity index (χ3v) is 1.40. The SMILES string of the molecule is O=C1NC[C@H](CF)[C@H]1F. The highest BCUT2D eigenvalue weighted by atomic mass is 19.1. The van der Waals surface area contributed by atoms with Gasteiger partial charge in [-0.05, 0) is 0 Å². The summed E-state index contributed by atoms with van der Waals surface area (Å²) in [6.07, 6.45) is -1.63. The topological polar surface area (TPSA) is 29.1 Å². The summed E-state index contributed by atoms with van der Waals surface area (Å²) in [5, 5.41) is 2.22. The maximum absolute atomic E-state index is 12.3. The average Bonchev–Trinajstić information content (AvgIpc) is 2.15. The first kappa shape index (κ1) is 6.45. The van der Waals surface area contributed by atoms with E-state index in [1.165, 1.54) is 0 Å². The molecule has 0 aromatic carbocycles. The van der Waals surface area contributed by atoms with Crippen molar-refractivity contribution in [2.45, 2.75) is 6.17 Å². The van der Waals surface area contributed by atoms with Gasteiger partial charge in [0.25, 0.3) is 5.91 Å². The van der Waals surface area contributed by atoms with E-state index in [1.807, 2.05) is 0 Å². The molecule has 52 valence electrons. The molecule has 0 aromatic heterocycles. The van der Waals surface area contributed by atoms with Crippen molar-refractivity contribution in [2.75, 3.05) is 13.2 Å². The maximum atomic E-state index is 12.3. The van der Waals surface area contributed by atoms with Crippen LogP contribution in [0, 0.1) is 5.92 Å². The van der Waals surface area contributed by atoms with Crippen LogP contribution in [0.25, 0.3) is 0 Å². The zero-order valence-electron chi connectivity index (χ0n) is 4.73. The number of alkyl halides is 2. The van der Waals surface area contributed by atoms with E-state index >= 15 is 0 Å². The van der Waals surface area contributed by atoms with E-state index in [-0.39, 0.29) is 6.54 Å². The van der Waals surface area contributed by atoms with Gasteiger partial charge in [0, 0.05) is 12.5 Å². The second kappa shape index (κ2) is 2.29. The molecule has 0 radical (unpaired) electrons. The molecule has 9 heavy (non-hydrogen) atoms. The van der Waals surface area contributed by atoms with Crippen molar-refractivity contribution in [1.82, 2.24) is 5.32 Å². The number of nitrogens with one attached hydrogen (secondary N) is 1. The molecule has 0 unspecified atom stereocenters. The molecule has 2 atom stereocenters. The Bertz CT molecular complexity index is 128. The minimum Gasteiger partial charge on any atom is -0.353 e. The van der Waals surface area contributed by atoms with Crippen LogP contribution in [-0.4, -0.2) is 25.3 Å². The fourth-order valence-electron chi connectivity index (χ4n) is 0.780. The van der Waals surface area contributed by atoms with Crippen molar-refractivity contribution in [3.8, 4) is 0 Å². The van der Waals surface area contributed by atoms with E-state index < -0.39 is 24.7 Å². The van der Waals surface area contributed by atoms with Gasteiger partial charge >= 0.3 is 0 Å². The minimum atomic E-state index is -1.63. The summed E-state index contributed by atoms with van der Waals surface area (Å²) in [7, 11) is 0. The predicted octanol–water partition coefficient (Wildman–Crippen LogP) is 0.0400. The van der Waals surface area contributed by atoms with Crippen LogP contribution in [0.15, 0.2) is 0 Å². The molecular weight excluding hydrogens is 128 g/mol. The largest absolute Gasteiger partial charge is 0.353 e. The zero-order chi connectivity index (χ0) is 6.85. The van der Waals surface area contributed by atoms with Gasteiger partial charge in [-0.2, -0.15) is 0 Å². The molecule has 1 amide bonds. The molecular formula is C5H7F2NO. The van der Waals surface area contributed by atoms with E-state index in [4.69, 9.17) is 0 Å². The van der Waals surface area contributed by atoms with Crippen LogP contribution in [0.3, 0.4) is 0 Å². The first-order valence-corrected chi connectivity index (χ1v) is 2.73. The molecule has 0 saturated carbocycles. The lowest BCUT2D eigenvalue weighted by molar-refractivity contribution is -0.123. The van der Waals surface area contributed by atoms with Crippen molar-refractivity contribution in [1.29, 1.82) is 0 Å². The molecule has 1 saturated heterocycles. The Kier molecular flexibility index (Phi) is 1.64. The van der Waals surface area contributed by atoms with Gasteiger partial charge in [0.05, 0.1) is 6.67 Å². The number of rotatable bonds is 1. The maximum Gasteiger partial charge on any atom is 0.255 e. The molecule has 0 aromatic rings. The smallest absolute Gasteiger partial charge is 0.255 e. The summed E-state index contributed by atoms with van der Waals surface area (Å²) in [5.41, 5.74) is 0. The molecule has 1 aliphatic heterocycles. The van der Waals surface area contributed by atoms with Crippen molar-refractivity contribution in [3.05, 3.63) is 0 Å². The second-order valence-electron chi connectivity index (χ2n) is 2.06. The molecule has 4 heteroatoms. The van der Waals surface area contributed by atoms with Gasteiger partial charge in [-0.25, -0.2) is 4.39 Å². The highest BCUT2D eigenvalue weighted by Crippen LogP contribution is 2.13. The lowest BCUT2D eigenvalue weighted by Gasteiger charge is -2.00. The number of carbonyl (C=O) groups excluding carboxylic acids is 1.